The van der Waals surface area contributed by atoms with Crippen molar-refractivity contribution in [1.82, 2.24) is 18.9 Å². The first kappa shape index (κ1) is 27.3. The van der Waals surface area contributed by atoms with Gasteiger partial charge in [-0.3, -0.25) is 0 Å². The molecule has 0 aliphatic rings. The van der Waals surface area contributed by atoms with Crippen molar-refractivity contribution in [3.8, 4) is 28.3 Å². The van der Waals surface area contributed by atoms with E-state index in [1.807, 2.05) is 6.07 Å². The van der Waals surface area contributed by atoms with Crippen molar-refractivity contribution in [3.05, 3.63) is 158 Å². The average molecular weight is 667 g/mol. The van der Waals surface area contributed by atoms with Crippen LogP contribution < -0.4 is 0 Å². The summed E-state index contributed by atoms with van der Waals surface area (Å²) in [4.78, 5) is 11.6. The molecule has 12 rings (SSSR count). The minimum absolute atomic E-state index is 0.744. The van der Waals surface area contributed by atoms with E-state index in [0.29, 0.717) is 0 Å². The fourth-order valence-corrected chi connectivity index (χ4v) is 9.66. The standard InChI is InChI=1S/C46H26N4S/c1-2-12-27(13-3-1)45-47-43(42-34-16-6-9-23-40(34)51-46(42)48-45)35-19-11-22-38-41(35)33-15-5-8-21-37(33)49(38)28-24-25-30-32-18-10-17-31-29-14-4-7-20-36(29)50(44(31)32)39(30)26-28/h1-26H. The van der Waals surface area contributed by atoms with Crippen molar-refractivity contribution in [2.45, 2.75) is 0 Å². The van der Waals surface area contributed by atoms with Crippen LogP contribution in [0, 0.1) is 0 Å². The molecule has 0 atom stereocenters. The van der Waals surface area contributed by atoms with E-state index in [0.717, 1.165) is 44.1 Å². The van der Waals surface area contributed by atoms with E-state index in [-0.39, 0.29) is 0 Å². The summed E-state index contributed by atoms with van der Waals surface area (Å²) in [5.74, 6) is 0.744. The Morgan fingerprint density at radius 2 is 1.12 bits per heavy atom. The molecule has 5 aromatic heterocycles. The molecule has 12 aromatic rings. The molecule has 5 heteroatoms. The van der Waals surface area contributed by atoms with Crippen molar-refractivity contribution in [3.63, 3.8) is 0 Å². The molecule has 51 heavy (non-hydrogen) atoms. The lowest BCUT2D eigenvalue weighted by Gasteiger charge is -2.11. The molecule has 7 aromatic carbocycles. The summed E-state index contributed by atoms with van der Waals surface area (Å²) < 4.78 is 6.11. The van der Waals surface area contributed by atoms with Crippen molar-refractivity contribution in [2.24, 2.45) is 0 Å². The number of rotatable bonds is 3. The van der Waals surface area contributed by atoms with E-state index < -0.39 is 0 Å². The van der Waals surface area contributed by atoms with Gasteiger partial charge in [-0.1, -0.05) is 121 Å². The number of fused-ring (bicyclic) bond motifs is 12. The Kier molecular flexibility index (Phi) is 5.35. The molecule has 0 spiro atoms. The Morgan fingerprint density at radius 1 is 0.451 bits per heavy atom. The SMILES string of the molecule is c1ccc(-c2nc(-c3cccc4c3c3ccccc3n4-c3ccc4c5cccc6c7ccccc7n(c4c3)c65)c3c(n2)sc2ccccc23)cc1. The monoisotopic (exact) mass is 666 g/mol. The molecule has 236 valence electrons. The van der Waals surface area contributed by atoms with Crippen LogP contribution in [0.3, 0.4) is 0 Å². The van der Waals surface area contributed by atoms with Crippen molar-refractivity contribution < 1.29 is 0 Å². The van der Waals surface area contributed by atoms with Crippen LogP contribution >= 0.6 is 11.3 Å². The summed E-state index contributed by atoms with van der Waals surface area (Å²) in [5, 5.41) is 9.85. The number of benzene rings is 7. The molecule has 0 saturated heterocycles. The Bertz CT molecular complexity index is 3370. The van der Waals surface area contributed by atoms with Crippen LogP contribution in [0.5, 0.6) is 0 Å². The second kappa shape index (κ2) is 10.0. The molecule has 0 amide bonds. The zero-order valence-corrected chi connectivity index (χ0v) is 28.0. The molecular formula is C46H26N4S. The first-order valence-electron chi connectivity index (χ1n) is 17.3. The van der Waals surface area contributed by atoms with E-state index in [4.69, 9.17) is 9.97 Å². The van der Waals surface area contributed by atoms with Gasteiger partial charge >= 0.3 is 0 Å². The lowest BCUT2D eigenvalue weighted by molar-refractivity contribution is 1.18. The maximum absolute atomic E-state index is 5.40. The number of aromatic nitrogens is 4. The van der Waals surface area contributed by atoms with E-state index in [1.54, 1.807) is 11.3 Å². The van der Waals surface area contributed by atoms with Gasteiger partial charge < -0.3 is 8.97 Å². The highest BCUT2D eigenvalue weighted by molar-refractivity contribution is 7.25. The minimum Gasteiger partial charge on any atom is -0.309 e. The highest BCUT2D eigenvalue weighted by Gasteiger charge is 2.23. The largest absolute Gasteiger partial charge is 0.309 e. The fourth-order valence-electron chi connectivity index (χ4n) is 8.59. The summed E-state index contributed by atoms with van der Waals surface area (Å²) in [6.07, 6.45) is 0. The van der Waals surface area contributed by atoms with E-state index >= 15 is 0 Å². The van der Waals surface area contributed by atoms with Crippen LogP contribution in [0.1, 0.15) is 0 Å². The number of hydrogen-bond donors (Lipinski definition) is 0. The highest BCUT2D eigenvalue weighted by Crippen LogP contribution is 2.45. The van der Waals surface area contributed by atoms with Crippen LogP contribution in [0.2, 0.25) is 0 Å². The van der Waals surface area contributed by atoms with Gasteiger partial charge in [0.2, 0.25) is 0 Å². The molecule has 0 aliphatic carbocycles. The summed E-state index contributed by atoms with van der Waals surface area (Å²) in [6, 6.07) is 56.9. The highest BCUT2D eigenvalue weighted by atomic mass is 32.1. The first-order valence-corrected chi connectivity index (χ1v) is 18.1. The lowest BCUT2D eigenvalue weighted by Crippen LogP contribution is -1.95. The maximum Gasteiger partial charge on any atom is 0.161 e. The number of para-hydroxylation sites is 3. The summed E-state index contributed by atoms with van der Waals surface area (Å²) in [6.45, 7) is 0. The number of nitrogens with zero attached hydrogens (tertiary/aromatic N) is 4. The third-order valence-corrected chi connectivity index (χ3v) is 11.8. The zero-order valence-electron chi connectivity index (χ0n) is 27.2. The van der Waals surface area contributed by atoms with Gasteiger partial charge in [-0.05, 0) is 36.4 Å². The van der Waals surface area contributed by atoms with Crippen LogP contribution in [0.25, 0.3) is 109 Å². The second-order valence-electron chi connectivity index (χ2n) is 13.3. The first-order chi connectivity index (χ1) is 25.3. The Balaban J connectivity index is 1.19. The smallest absolute Gasteiger partial charge is 0.161 e. The number of thiophene rings is 1. The molecule has 0 radical (unpaired) electrons. The third kappa shape index (κ3) is 3.63. The maximum atomic E-state index is 5.40. The normalized spacial score (nSPS) is 12.3. The van der Waals surface area contributed by atoms with Crippen molar-refractivity contribution in [2.75, 3.05) is 0 Å². The molecule has 0 bridgehead atoms. The predicted octanol–water partition coefficient (Wildman–Crippen LogP) is 12.4. The van der Waals surface area contributed by atoms with Gasteiger partial charge in [0.25, 0.3) is 0 Å². The lowest BCUT2D eigenvalue weighted by atomic mass is 10.00. The average Bonchev–Trinajstić information content (AvgIpc) is 3.93. The Morgan fingerprint density at radius 3 is 1.98 bits per heavy atom. The van der Waals surface area contributed by atoms with Gasteiger partial charge in [-0.25, -0.2) is 9.97 Å². The summed E-state index contributed by atoms with van der Waals surface area (Å²) in [5.41, 5.74) is 10.3. The summed E-state index contributed by atoms with van der Waals surface area (Å²) >= 11 is 1.74. The fraction of sp³-hybridized carbons (Fsp3) is 0. The van der Waals surface area contributed by atoms with E-state index in [1.165, 1.54) is 64.5 Å². The molecule has 0 aliphatic heterocycles. The quantitative estimate of drug-likeness (QED) is 0.188. The van der Waals surface area contributed by atoms with Crippen LogP contribution in [-0.2, 0) is 0 Å². The van der Waals surface area contributed by atoms with E-state index in [9.17, 15) is 0 Å². The van der Waals surface area contributed by atoms with Crippen LogP contribution in [0.4, 0.5) is 0 Å². The van der Waals surface area contributed by atoms with Crippen LogP contribution in [-0.4, -0.2) is 18.9 Å². The number of hydrogen-bond acceptors (Lipinski definition) is 3. The second-order valence-corrected chi connectivity index (χ2v) is 14.4. The van der Waals surface area contributed by atoms with Gasteiger partial charge in [-0.2, -0.15) is 0 Å². The predicted molar refractivity (Wildman–Crippen MR) is 215 cm³/mol. The Hall–Kier alpha value is -6.56. The molecule has 0 N–H and O–H groups in total. The zero-order chi connectivity index (χ0) is 33.2. The molecule has 4 nitrogen and oxygen atoms in total. The molecular weight excluding hydrogens is 641 g/mol. The van der Waals surface area contributed by atoms with Gasteiger partial charge in [0.1, 0.15) is 4.83 Å². The van der Waals surface area contributed by atoms with Gasteiger partial charge in [-0.15, -0.1) is 11.3 Å². The summed E-state index contributed by atoms with van der Waals surface area (Å²) in [7, 11) is 0. The molecule has 0 saturated carbocycles. The Labute approximate surface area is 295 Å². The molecule has 5 heterocycles. The molecule has 0 unspecified atom stereocenters. The van der Waals surface area contributed by atoms with Gasteiger partial charge in [0, 0.05) is 64.6 Å². The van der Waals surface area contributed by atoms with E-state index in [2.05, 4.69) is 161 Å². The molecule has 0 fully saturated rings. The third-order valence-electron chi connectivity index (χ3n) is 10.7. The van der Waals surface area contributed by atoms with Gasteiger partial charge in [0.15, 0.2) is 5.82 Å². The minimum atomic E-state index is 0.744. The van der Waals surface area contributed by atoms with Crippen molar-refractivity contribution in [1.29, 1.82) is 0 Å². The topological polar surface area (TPSA) is 35.1 Å². The van der Waals surface area contributed by atoms with Gasteiger partial charge in [0.05, 0.1) is 33.3 Å². The van der Waals surface area contributed by atoms with Crippen LogP contribution in [0.15, 0.2) is 158 Å². The van der Waals surface area contributed by atoms with Crippen molar-refractivity contribution >= 4 is 91.5 Å².